The van der Waals surface area contributed by atoms with Crippen molar-refractivity contribution in [3.63, 3.8) is 0 Å². The maximum absolute atomic E-state index is 8.44. The Kier molecular flexibility index (Phi) is 11.8. The van der Waals surface area contributed by atoms with Gasteiger partial charge < -0.3 is 24.5 Å². The van der Waals surface area contributed by atoms with Gasteiger partial charge in [-0.3, -0.25) is 0 Å². The molecule has 0 radical (unpaired) electrons. The first kappa shape index (κ1) is 26.1. The van der Waals surface area contributed by atoms with Crippen LogP contribution in [0.3, 0.4) is 0 Å². The van der Waals surface area contributed by atoms with Gasteiger partial charge in [0.25, 0.3) is 0 Å². The van der Waals surface area contributed by atoms with Crippen molar-refractivity contribution in [2.45, 2.75) is 54.2 Å². The van der Waals surface area contributed by atoms with Crippen molar-refractivity contribution in [1.82, 2.24) is 0 Å². The number of hydrogen-bond acceptors (Lipinski definition) is 4. The van der Waals surface area contributed by atoms with Crippen molar-refractivity contribution in [3.05, 3.63) is 78.9 Å². The summed E-state index contributed by atoms with van der Waals surface area (Å²) >= 11 is 0. The second kappa shape index (κ2) is 14.9. The summed E-state index contributed by atoms with van der Waals surface area (Å²) in [6.07, 6.45) is 2.38. The van der Waals surface area contributed by atoms with Crippen molar-refractivity contribution >= 4 is 17.1 Å². The highest BCUT2D eigenvalue weighted by Gasteiger charge is 2.28. The van der Waals surface area contributed by atoms with Gasteiger partial charge in [0.15, 0.2) is 14.7 Å². The highest BCUT2D eigenvalue weighted by Crippen LogP contribution is 2.33. The Bertz CT molecular complexity index is 869. The van der Waals surface area contributed by atoms with Crippen molar-refractivity contribution in [2.75, 3.05) is 13.2 Å². The summed E-state index contributed by atoms with van der Waals surface area (Å²) in [5.41, 5.74) is 0. The second-order valence-corrected chi connectivity index (χ2v) is 9.26. The molecule has 0 aliphatic heterocycles. The lowest BCUT2D eigenvalue weighted by atomic mass is 10.3. The standard InChI is InChI=1S/C26H31O2S.CH2O3/c1-3-5-20-27-22-12-16-25(17-13-22)29(24-10-8-7-9-11-24)26-18-14-23(15-19-26)28-21-6-4-2;2-1(3)4/h7-19H,3-6,20-21H2,1-2H3;(H2,2,3,4)/q+1;/p-1. The van der Waals surface area contributed by atoms with E-state index in [2.05, 4.69) is 92.7 Å². The number of rotatable bonds is 11. The zero-order chi connectivity index (χ0) is 23.9. The van der Waals surface area contributed by atoms with Gasteiger partial charge in [-0.25, -0.2) is 0 Å². The van der Waals surface area contributed by atoms with Crippen LogP contribution >= 0.6 is 0 Å². The van der Waals surface area contributed by atoms with Gasteiger partial charge in [0.2, 0.25) is 6.16 Å². The summed E-state index contributed by atoms with van der Waals surface area (Å²) in [7, 11) is -0.157. The van der Waals surface area contributed by atoms with Gasteiger partial charge in [0, 0.05) is 0 Å². The lowest BCUT2D eigenvalue weighted by molar-refractivity contribution is -0.275. The average molecular weight is 469 g/mol. The molecule has 0 aliphatic carbocycles. The van der Waals surface area contributed by atoms with E-state index in [0.29, 0.717) is 0 Å². The molecular weight excluding hydrogens is 436 g/mol. The molecule has 0 unspecified atom stereocenters. The van der Waals surface area contributed by atoms with E-state index in [1.807, 2.05) is 0 Å². The van der Waals surface area contributed by atoms with Gasteiger partial charge in [0.1, 0.15) is 11.5 Å². The highest BCUT2D eigenvalue weighted by molar-refractivity contribution is 7.97. The van der Waals surface area contributed by atoms with Crippen molar-refractivity contribution in [3.8, 4) is 11.5 Å². The van der Waals surface area contributed by atoms with E-state index in [-0.39, 0.29) is 10.9 Å². The molecule has 0 heterocycles. The van der Waals surface area contributed by atoms with E-state index in [4.69, 9.17) is 24.5 Å². The minimum Gasteiger partial charge on any atom is -0.565 e. The fourth-order valence-electron chi connectivity index (χ4n) is 2.98. The summed E-state index contributed by atoms with van der Waals surface area (Å²) in [6, 6.07) is 27.9. The summed E-state index contributed by atoms with van der Waals surface area (Å²) in [5.74, 6) is 1.89. The summed E-state index contributed by atoms with van der Waals surface area (Å²) in [5, 5.41) is 15.3. The molecule has 3 rings (SSSR count). The molecule has 0 bridgehead atoms. The normalized spacial score (nSPS) is 10.3. The van der Waals surface area contributed by atoms with Crippen molar-refractivity contribution in [2.24, 2.45) is 0 Å². The maximum atomic E-state index is 8.44. The Morgan fingerprint density at radius 3 is 1.45 bits per heavy atom. The van der Waals surface area contributed by atoms with Crippen LogP contribution in [0.15, 0.2) is 93.5 Å². The number of hydrogen-bond donors (Lipinski definition) is 1. The number of ether oxygens (including phenoxy) is 2. The minimum atomic E-state index is -2.08. The smallest absolute Gasteiger partial charge is 0.249 e. The summed E-state index contributed by atoms with van der Waals surface area (Å²) < 4.78 is 11.7. The number of unbranched alkanes of at least 4 members (excludes halogenated alkanes) is 2. The van der Waals surface area contributed by atoms with Crippen LogP contribution in [-0.2, 0) is 10.9 Å². The van der Waals surface area contributed by atoms with E-state index in [9.17, 15) is 0 Å². The van der Waals surface area contributed by atoms with E-state index in [0.717, 1.165) is 50.4 Å². The van der Waals surface area contributed by atoms with Crippen LogP contribution in [0.2, 0.25) is 0 Å². The average Bonchev–Trinajstić information content (AvgIpc) is 2.82. The van der Waals surface area contributed by atoms with Crippen LogP contribution in [-0.4, -0.2) is 24.5 Å². The fraction of sp³-hybridized carbons (Fsp3) is 0.296. The van der Waals surface area contributed by atoms with Crippen molar-refractivity contribution < 1.29 is 24.5 Å². The monoisotopic (exact) mass is 468 g/mol. The molecule has 33 heavy (non-hydrogen) atoms. The molecule has 0 amide bonds. The molecule has 0 fully saturated rings. The van der Waals surface area contributed by atoms with Crippen LogP contribution < -0.4 is 14.6 Å². The van der Waals surface area contributed by atoms with Crippen molar-refractivity contribution in [1.29, 1.82) is 0 Å². The van der Waals surface area contributed by atoms with Gasteiger partial charge in [-0.1, -0.05) is 44.9 Å². The Morgan fingerprint density at radius 1 is 0.727 bits per heavy atom. The van der Waals surface area contributed by atoms with E-state index in [1.165, 1.54) is 14.7 Å². The Labute approximate surface area is 199 Å². The Hall–Kier alpha value is -3.12. The molecule has 0 aliphatic rings. The first-order valence-corrected chi connectivity index (χ1v) is 12.4. The predicted octanol–water partition coefficient (Wildman–Crippen LogP) is 6.03. The summed E-state index contributed by atoms with van der Waals surface area (Å²) in [6.45, 7) is 5.91. The van der Waals surface area contributed by atoms with Gasteiger partial charge in [-0.15, -0.1) is 0 Å². The van der Waals surface area contributed by atoms with Gasteiger partial charge in [0.05, 0.1) is 24.1 Å². The minimum absolute atomic E-state index is 0.157. The molecule has 3 aromatic rings. The molecule has 0 spiro atoms. The van der Waals surface area contributed by atoms with Gasteiger partial charge in [-0.2, -0.15) is 0 Å². The third kappa shape index (κ3) is 9.49. The third-order valence-electron chi connectivity index (χ3n) is 4.63. The molecule has 3 aromatic carbocycles. The molecule has 6 heteroatoms. The predicted molar refractivity (Wildman–Crippen MR) is 130 cm³/mol. The van der Waals surface area contributed by atoms with Crippen LogP contribution in [0.25, 0.3) is 0 Å². The zero-order valence-electron chi connectivity index (χ0n) is 19.2. The van der Waals surface area contributed by atoms with Crippen LogP contribution in [0.1, 0.15) is 39.5 Å². The lowest BCUT2D eigenvalue weighted by Gasteiger charge is -2.10. The second-order valence-electron chi connectivity index (χ2n) is 7.23. The first-order chi connectivity index (χ1) is 16.0. The Morgan fingerprint density at radius 2 is 1.09 bits per heavy atom. The van der Waals surface area contributed by atoms with E-state index in [1.54, 1.807) is 0 Å². The Balaban J connectivity index is 0.000000890. The topological polar surface area (TPSA) is 78.8 Å². The van der Waals surface area contributed by atoms with Crippen LogP contribution in [0.4, 0.5) is 4.79 Å². The quantitative estimate of drug-likeness (QED) is 0.275. The molecule has 0 saturated heterocycles. The molecule has 5 nitrogen and oxygen atoms in total. The molecular formula is C27H32O5S. The zero-order valence-corrected chi connectivity index (χ0v) is 20.1. The molecule has 0 aromatic heterocycles. The van der Waals surface area contributed by atoms with E-state index < -0.39 is 6.16 Å². The third-order valence-corrected chi connectivity index (χ3v) is 6.86. The lowest BCUT2D eigenvalue weighted by Crippen LogP contribution is -2.17. The first-order valence-electron chi connectivity index (χ1n) is 11.2. The van der Waals surface area contributed by atoms with Gasteiger partial charge >= 0.3 is 0 Å². The van der Waals surface area contributed by atoms with E-state index >= 15 is 0 Å². The molecule has 176 valence electrons. The highest BCUT2D eigenvalue weighted by atomic mass is 32.2. The van der Waals surface area contributed by atoms with Crippen LogP contribution in [0.5, 0.6) is 11.5 Å². The molecule has 0 atom stereocenters. The molecule has 0 saturated carbocycles. The number of carboxylic acid groups (broad SMARTS) is 2. The summed E-state index contributed by atoms with van der Waals surface area (Å²) in [4.78, 5) is 12.3. The van der Waals surface area contributed by atoms with Crippen LogP contribution in [0, 0.1) is 0 Å². The number of carbonyl (C=O) groups is 1. The largest absolute Gasteiger partial charge is 0.565 e. The maximum Gasteiger partial charge on any atom is 0.249 e. The molecule has 1 N–H and O–H groups in total. The van der Waals surface area contributed by atoms with Gasteiger partial charge in [-0.05, 0) is 73.5 Å². The number of benzene rings is 3. The fourth-order valence-corrected chi connectivity index (χ4v) is 5.04. The SMILES string of the molecule is CCCCOc1ccc([S+](c2ccccc2)c2ccc(OCCCC)cc2)cc1.O=C([O-])O.